The van der Waals surface area contributed by atoms with Gasteiger partial charge in [-0.05, 0) is 26.2 Å². The molecule has 0 saturated heterocycles. The van der Waals surface area contributed by atoms with Crippen LogP contribution in [0.3, 0.4) is 0 Å². The second-order valence-electron chi connectivity index (χ2n) is 6.24. The zero-order valence-corrected chi connectivity index (χ0v) is 13.9. The van der Waals surface area contributed by atoms with E-state index in [-0.39, 0.29) is 17.8 Å². The number of carbonyl (C=O) groups excluding carboxylic acids is 1. The SMILES string of the molecule is CN(C)[C@@H]1[C@@H](O)[C@H](Oc2cccc(F)c2)C[C@H]1NC(=O)c1cnco1. The first-order chi connectivity index (χ1) is 12.0. The predicted molar refractivity (Wildman–Crippen MR) is 86.7 cm³/mol. The quantitative estimate of drug-likeness (QED) is 0.839. The van der Waals surface area contributed by atoms with Crippen molar-refractivity contribution in [2.24, 2.45) is 0 Å². The first-order valence-electron chi connectivity index (χ1n) is 7.92. The van der Waals surface area contributed by atoms with Crippen molar-refractivity contribution in [3.05, 3.63) is 48.4 Å². The Labute approximate surface area is 144 Å². The van der Waals surface area contributed by atoms with Gasteiger partial charge in [0.1, 0.15) is 23.8 Å². The average Bonchev–Trinajstić information content (AvgIpc) is 3.17. The Morgan fingerprint density at radius 1 is 1.48 bits per heavy atom. The Balaban J connectivity index is 1.73. The van der Waals surface area contributed by atoms with Crippen molar-refractivity contribution in [2.75, 3.05) is 14.1 Å². The molecule has 1 fully saturated rings. The highest BCUT2D eigenvalue weighted by atomic mass is 19.1. The van der Waals surface area contributed by atoms with E-state index in [1.54, 1.807) is 12.1 Å². The summed E-state index contributed by atoms with van der Waals surface area (Å²) in [5.74, 6) is -0.387. The van der Waals surface area contributed by atoms with Crippen molar-refractivity contribution >= 4 is 5.91 Å². The Hall–Kier alpha value is -2.45. The van der Waals surface area contributed by atoms with Gasteiger partial charge in [-0.1, -0.05) is 6.07 Å². The molecule has 0 unspecified atom stereocenters. The summed E-state index contributed by atoms with van der Waals surface area (Å²) in [6.45, 7) is 0. The van der Waals surface area contributed by atoms with Crippen LogP contribution in [0.1, 0.15) is 17.0 Å². The summed E-state index contributed by atoms with van der Waals surface area (Å²) in [5.41, 5.74) is 0. The fraction of sp³-hybridized carbons (Fsp3) is 0.412. The molecule has 0 aliphatic heterocycles. The second kappa shape index (κ2) is 7.20. The summed E-state index contributed by atoms with van der Waals surface area (Å²) in [6, 6.07) is 5.03. The smallest absolute Gasteiger partial charge is 0.288 e. The molecule has 134 valence electrons. The van der Waals surface area contributed by atoms with Crippen LogP contribution in [0.4, 0.5) is 4.39 Å². The standard InChI is InChI=1S/C17H20FN3O4/c1-21(2)15-12(20-17(23)14-8-19-9-24-14)7-13(16(15)22)25-11-5-3-4-10(18)6-11/h3-6,8-9,12-13,15-16,22H,7H2,1-2H3,(H,20,23)/t12-,13-,15+,16+/m1/s1. The molecule has 1 aromatic carbocycles. The lowest BCUT2D eigenvalue weighted by molar-refractivity contribution is 0.0209. The van der Waals surface area contributed by atoms with Gasteiger partial charge < -0.3 is 24.5 Å². The Kier molecular flexibility index (Phi) is 5.00. The minimum atomic E-state index is -0.849. The normalized spacial score (nSPS) is 26.0. The van der Waals surface area contributed by atoms with Crippen LogP contribution in [0.5, 0.6) is 5.75 Å². The van der Waals surface area contributed by atoms with Gasteiger partial charge in [0.2, 0.25) is 5.76 Å². The third-order valence-electron chi connectivity index (χ3n) is 4.28. The van der Waals surface area contributed by atoms with Crippen LogP contribution < -0.4 is 10.1 Å². The Bertz CT molecular complexity index is 722. The molecular formula is C17H20FN3O4. The lowest BCUT2D eigenvalue weighted by Gasteiger charge is -2.29. The molecule has 25 heavy (non-hydrogen) atoms. The number of halogens is 1. The number of hydrogen-bond acceptors (Lipinski definition) is 6. The number of rotatable bonds is 5. The van der Waals surface area contributed by atoms with Crippen molar-refractivity contribution in [3.8, 4) is 5.75 Å². The highest BCUT2D eigenvalue weighted by Crippen LogP contribution is 2.28. The largest absolute Gasteiger partial charge is 0.487 e. The van der Waals surface area contributed by atoms with Gasteiger partial charge >= 0.3 is 0 Å². The average molecular weight is 349 g/mol. The van der Waals surface area contributed by atoms with Crippen LogP contribution in [-0.2, 0) is 0 Å². The Morgan fingerprint density at radius 2 is 2.28 bits per heavy atom. The number of aliphatic hydroxyl groups is 1. The van der Waals surface area contributed by atoms with Crippen LogP contribution in [0, 0.1) is 5.82 Å². The lowest BCUT2D eigenvalue weighted by atomic mass is 10.1. The van der Waals surface area contributed by atoms with E-state index >= 15 is 0 Å². The Morgan fingerprint density at radius 3 is 2.92 bits per heavy atom. The molecule has 8 heteroatoms. The van der Waals surface area contributed by atoms with Crippen LogP contribution in [0.25, 0.3) is 0 Å². The van der Waals surface area contributed by atoms with Crippen molar-refractivity contribution in [1.29, 1.82) is 0 Å². The number of amides is 1. The van der Waals surface area contributed by atoms with Gasteiger partial charge in [0, 0.05) is 12.5 Å². The van der Waals surface area contributed by atoms with Crippen LogP contribution >= 0.6 is 0 Å². The van der Waals surface area contributed by atoms with Gasteiger partial charge in [0.05, 0.1) is 18.3 Å². The van der Waals surface area contributed by atoms with Crippen LogP contribution in [0.15, 0.2) is 41.3 Å². The molecule has 2 N–H and O–H groups in total. The molecule has 3 rings (SSSR count). The monoisotopic (exact) mass is 349 g/mol. The maximum atomic E-state index is 13.3. The zero-order chi connectivity index (χ0) is 18.0. The molecule has 1 aliphatic carbocycles. The molecule has 1 saturated carbocycles. The predicted octanol–water partition coefficient (Wildman–Crippen LogP) is 1.05. The van der Waals surface area contributed by atoms with Crippen molar-refractivity contribution in [2.45, 2.75) is 30.7 Å². The van der Waals surface area contributed by atoms with E-state index < -0.39 is 23.9 Å². The minimum Gasteiger partial charge on any atom is -0.487 e. The number of benzene rings is 1. The molecule has 2 aromatic rings. The lowest BCUT2D eigenvalue weighted by Crippen LogP contribution is -2.50. The van der Waals surface area contributed by atoms with E-state index in [4.69, 9.17) is 9.15 Å². The van der Waals surface area contributed by atoms with Gasteiger partial charge in [-0.2, -0.15) is 0 Å². The maximum absolute atomic E-state index is 13.3. The molecule has 7 nitrogen and oxygen atoms in total. The molecule has 4 atom stereocenters. The van der Waals surface area contributed by atoms with E-state index in [0.29, 0.717) is 12.2 Å². The first-order valence-corrected chi connectivity index (χ1v) is 7.92. The summed E-state index contributed by atoms with van der Waals surface area (Å²) >= 11 is 0. The second-order valence-corrected chi connectivity index (χ2v) is 6.24. The topological polar surface area (TPSA) is 87.8 Å². The minimum absolute atomic E-state index is 0.0986. The summed E-state index contributed by atoms with van der Waals surface area (Å²) in [5, 5.41) is 13.5. The summed E-state index contributed by atoms with van der Waals surface area (Å²) in [6.07, 6.45) is 1.46. The zero-order valence-electron chi connectivity index (χ0n) is 13.9. The summed E-state index contributed by atoms with van der Waals surface area (Å²) < 4.78 is 24.1. The number of likely N-dealkylation sites (N-methyl/N-ethyl adjacent to an activating group) is 1. The number of aliphatic hydroxyl groups excluding tert-OH is 1. The maximum Gasteiger partial charge on any atom is 0.288 e. The highest BCUT2D eigenvalue weighted by Gasteiger charge is 2.46. The summed E-state index contributed by atoms with van der Waals surface area (Å²) in [4.78, 5) is 17.8. The summed E-state index contributed by atoms with van der Waals surface area (Å²) in [7, 11) is 3.62. The third-order valence-corrected chi connectivity index (χ3v) is 4.28. The number of oxazole rings is 1. The molecule has 1 heterocycles. The molecule has 0 bridgehead atoms. The highest BCUT2D eigenvalue weighted by molar-refractivity contribution is 5.91. The van der Waals surface area contributed by atoms with Crippen molar-refractivity contribution in [3.63, 3.8) is 0 Å². The molecule has 1 aromatic heterocycles. The first kappa shape index (κ1) is 17.4. The fourth-order valence-corrected chi connectivity index (χ4v) is 3.20. The van der Waals surface area contributed by atoms with Gasteiger partial charge in [-0.15, -0.1) is 0 Å². The van der Waals surface area contributed by atoms with E-state index in [9.17, 15) is 14.3 Å². The number of nitrogens with one attached hydrogen (secondary N) is 1. The van der Waals surface area contributed by atoms with Crippen molar-refractivity contribution < 1.29 is 23.4 Å². The van der Waals surface area contributed by atoms with E-state index in [1.165, 1.54) is 24.7 Å². The fourth-order valence-electron chi connectivity index (χ4n) is 3.20. The number of aromatic nitrogens is 1. The number of carbonyl (C=O) groups is 1. The van der Waals surface area contributed by atoms with Crippen LogP contribution in [-0.4, -0.2) is 59.3 Å². The molecule has 0 radical (unpaired) electrons. The van der Waals surface area contributed by atoms with Crippen molar-refractivity contribution in [1.82, 2.24) is 15.2 Å². The number of hydrogen-bond donors (Lipinski definition) is 2. The number of nitrogens with zero attached hydrogens (tertiary/aromatic N) is 2. The van der Waals surface area contributed by atoms with E-state index in [2.05, 4.69) is 10.3 Å². The van der Waals surface area contributed by atoms with E-state index in [0.717, 1.165) is 0 Å². The van der Waals surface area contributed by atoms with E-state index in [1.807, 2.05) is 19.0 Å². The van der Waals surface area contributed by atoms with Crippen LogP contribution in [0.2, 0.25) is 0 Å². The molecule has 0 spiro atoms. The van der Waals surface area contributed by atoms with Gasteiger partial charge in [-0.3, -0.25) is 4.79 Å². The van der Waals surface area contributed by atoms with Gasteiger partial charge in [-0.25, -0.2) is 9.37 Å². The number of ether oxygens (including phenoxy) is 1. The molecular weight excluding hydrogens is 329 g/mol. The van der Waals surface area contributed by atoms with Gasteiger partial charge in [0.15, 0.2) is 6.39 Å². The molecule has 1 aliphatic rings. The third kappa shape index (κ3) is 3.80. The molecule has 1 amide bonds. The van der Waals surface area contributed by atoms with Gasteiger partial charge in [0.25, 0.3) is 5.91 Å².